The standard InChI is InChI=1S/C8H10ClF6NO2/c1-16(2-4-17)3-5-18-6(9,7(10,11)12)8(13,14)15/h4H,2-3,5H2,1H3. The van der Waals surface area contributed by atoms with Gasteiger partial charge in [-0.05, 0) is 7.05 Å². The Morgan fingerprint density at radius 2 is 1.61 bits per heavy atom. The Morgan fingerprint density at radius 3 is 1.94 bits per heavy atom. The lowest BCUT2D eigenvalue weighted by molar-refractivity contribution is -0.344. The van der Waals surface area contributed by atoms with Crippen molar-refractivity contribution in [3.63, 3.8) is 0 Å². The Balaban J connectivity index is 4.61. The summed E-state index contributed by atoms with van der Waals surface area (Å²) in [6.07, 6.45) is -11.1. The van der Waals surface area contributed by atoms with Crippen LogP contribution < -0.4 is 0 Å². The number of hydrogen-bond acceptors (Lipinski definition) is 3. The number of rotatable bonds is 6. The van der Waals surface area contributed by atoms with E-state index in [1.54, 1.807) is 0 Å². The maximum absolute atomic E-state index is 12.2. The zero-order valence-electron chi connectivity index (χ0n) is 9.11. The Morgan fingerprint density at radius 1 is 1.17 bits per heavy atom. The molecule has 3 nitrogen and oxygen atoms in total. The Kier molecular flexibility index (Phi) is 5.89. The molecule has 0 unspecified atom stereocenters. The zero-order chi connectivity index (χ0) is 14.6. The van der Waals surface area contributed by atoms with E-state index in [2.05, 4.69) is 16.3 Å². The topological polar surface area (TPSA) is 29.5 Å². The maximum Gasteiger partial charge on any atom is 0.441 e. The van der Waals surface area contributed by atoms with Crippen molar-refractivity contribution in [2.75, 3.05) is 26.7 Å². The molecule has 0 atom stereocenters. The van der Waals surface area contributed by atoms with Crippen molar-refractivity contribution in [3.05, 3.63) is 0 Å². The molecule has 0 N–H and O–H groups in total. The van der Waals surface area contributed by atoms with Gasteiger partial charge in [0.2, 0.25) is 0 Å². The van der Waals surface area contributed by atoms with Crippen LogP contribution in [0.3, 0.4) is 0 Å². The first kappa shape index (κ1) is 17.5. The molecule has 0 aliphatic carbocycles. The van der Waals surface area contributed by atoms with E-state index in [0.717, 1.165) is 0 Å². The summed E-state index contributed by atoms with van der Waals surface area (Å²) in [6.45, 7) is -1.37. The van der Waals surface area contributed by atoms with Gasteiger partial charge in [0.25, 0.3) is 0 Å². The van der Waals surface area contributed by atoms with Gasteiger partial charge in [0, 0.05) is 6.54 Å². The van der Waals surface area contributed by atoms with Crippen LogP contribution >= 0.6 is 11.6 Å². The van der Waals surface area contributed by atoms with E-state index in [4.69, 9.17) is 0 Å². The molecule has 18 heavy (non-hydrogen) atoms. The average molecular weight is 302 g/mol. The molecule has 0 saturated heterocycles. The molecule has 0 spiro atoms. The monoisotopic (exact) mass is 301 g/mol. The van der Waals surface area contributed by atoms with Gasteiger partial charge in [0.05, 0.1) is 13.2 Å². The minimum Gasteiger partial charge on any atom is -0.343 e. The van der Waals surface area contributed by atoms with Crippen LogP contribution in [-0.4, -0.2) is 55.3 Å². The molecule has 0 radical (unpaired) electrons. The number of alkyl halides is 7. The number of halogens is 7. The fourth-order valence-electron chi connectivity index (χ4n) is 0.885. The third-order valence-corrected chi connectivity index (χ3v) is 2.43. The van der Waals surface area contributed by atoms with Crippen molar-refractivity contribution < 1.29 is 35.9 Å². The third-order valence-electron chi connectivity index (χ3n) is 1.89. The van der Waals surface area contributed by atoms with Crippen LogP contribution in [0.25, 0.3) is 0 Å². The summed E-state index contributed by atoms with van der Waals surface area (Å²) in [6, 6.07) is 0. The van der Waals surface area contributed by atoms with Crippen molar-refractivity contribution in [2.24, 2.45) is 0 Å². The lowest BCUT2D eigenvalue weighted by Gasteiger charge is -2.31. The second kappa shape index (κ2) is 6.07. The van der Waals surface area contributed by atoms with E-state index in [1.165, 1.54) is 11.9 Å². The van der Waals surface area contributed by atoms with Gasteiger partial charge in [-0.1, -0.05) is 11.6 Å². The summed E-state index contributed by atoms with van der Waals surface area (Å²) < 4.78 is 77.1. The molecular weight excluding hydrogens is 292 g/mol. The van der Waals surface area contributed by atoms with Gasteiger partial charge in [0.15, 0.2) is 0 Å². The third kappa shape index (κ3) is 4.29. The number of nitrogens with zero attached hydrogens (tertiary/aromatic N) is 1. The van der Waals surface area contributed by atoms with Gasteiger partial charge < -0.3 is 9.53 Å². The molecule has 0 aromatic rings. The molecule has 0 saturated carbocycles. The summed E-state index contributed by atoms with van der Waals surface area (Å²) in [7, 11) is 1.33. The van der Waals surface area contributed by atoms with Gasteiger partial charge in [-0.3, -0.25) is 4.90 Å². The Hall–Kier alpha value is -0.540. The zero-order valence-corrected chi connectivity index (χ0v) is 9.86. The summed E-state index contributed by atoms with van der Waals surface area (Å²) in [5.41, 5.74) is 0. The second-order valence-electron chi connectivity index (χ2n) is 3.37. The first-order valence-corrected chi connectivity index (χ1v) is 4.92. The molecule has 0 aromatic carbocycles. The van der Waals surface area contributed by atoms with Crippen molar-refractivity contribution >= 4 is 17.9 Å². The van der Waals surface area contributed by atoms with E-state index < -0.39 is 24.0 Å². The lowest BCUT2D eigenvalue weighted by atomic mass is 10.3. The van der Waals surface area contributed by atoms with Crippen LogP contribution in [0.2, 0.25) is 0 Å². The number of aldehydes is 1. The first-order chi connectivity index (χ1) is 7.95. The molecule has 0 amide bonds. The van der Waals surface area contributed by atoms with Gasteiger partial charge in [-0.25, -0.2) is 0 Å². The van der Waals surface area contributed by atoms with Gasteiger partial charge >= 0.3 is 17.4 Å². The van der Waals surface area contributed by atoms with Crippen molar-refractivity contribution in [2.45, 2.75) is 17.4 Å². The molecule has 0 heterocycles. The highest BCUT2D eigenvalue weighted by Crippen LogP contribution is 2.48. The van der Waals surface area contributed by atoms with Crippen molar-refractivity contribution in [3.8, 4) is 0 Å². The predicted octanol–water partition coefficient (Wildman–Crippen LogP) is 2.19. The fourth-order valence-corrected chi connectivity index (χ4v) is 0.962. The van der Waals surface area contributed by atoms with E-state index >= 15 is 0 Å². The largest absolute Gasteiger partial charge is 0.441 e. The van der Waals surface area contributed by atoms with Gasteiger partial charge in [-0.15, -0.1) is 0 Å². The van der Waals surface area contributed by atoms with Gasteiger partial charge in [-0.2, -0.15) is 26.3 Å². The molecule has 0 aromatic heterocycles. The Bertz CT molecular complexity index is 266. The minimum atomic E-state index is -5.80. The number of hydrogen-bond donors (Lipinski definition) is 0. The predicted molar refractivity (Wildman–Crippen MR) is 50.2 cm³/mol. The summed E-state index contributed by atoms with van der Waals surface area (Å²) in [4.78, 5) is 11.2. The SMILES string of the molecule is CN(CC=O)CCOC(Cl)(C(F)(F)F)C(F)(F)F. The van der Waals surface area contributed by atoms with Crippen molar-refractivity contribution in [1.29, 1.82) is 0 Å². The summed E-state index contributed by atoms with van der Waals surface area (Å²) in [5, 5.41) is -4.73. The number of likely N-dealkylation sites (N-methyl/N-ethyl adjacent to an activating group) is 1. The highest BCUT2D eigenvalue weighted by molar-refractivity contribution is 6.24. The number of carbonyl (C=O) groups excluding carboxylic acids is 1. The van der Waals surface area contributed by atoms with Crippen LogP contribution in [-0.2, 0) is 9.53 Å². The fraction of sp³-hybridized carbons (Fsp3) is 0.875. The van der Waals surface area contributed by atoms with E-state index in [-0.39, 0.29) is 13.1 Å². The molecule has 10 heteroatoms. The molecule has 0 aliphatic rings. The average Bonchev–Trinajstić information content (AvgIpc) is 2.14. The highest BCUT2D eigenvalue weighted by atomic mass is 35.5. The van der Waals surface area contributed by atoms with Crippen LogP contribution in [0, 0.1) is 0 Å². The molecule has 108 valence electrons. The molecule has 0 rings (SSSR count). The van der Waals surface area contributed by atoms with E-state index in [9.17, 15) is 31.1 Å². The maximum atomic E-state index is 12.2. The first-order valence-electron chi connectivity index (χ1n) is 4.54. The molecule has 0 bridgehead atoms. The molecular formula is C8H10ClF6NO2. The van der Waals surface area contributed by atoms with Crippen LogP contribution in [0.15, 0.2) is 0 Å². The number of carbonyl (C=O) groups is 1. The minimum absolute atomic E-state index is 0.142. The smallest absolute Gasteiger partial charge is 0.343 e. The Labute approximate surface area is 104 Å². The summed E-state index contributed by atoms with van der Waals surface area (Å²) >= 11 is 4.49. The van der Waals surface area contributed by atoms with Crippen LogP contribution in [0.4, 0.5) is 26.3 Å². The highest BCUT2D eigenvalue weighted by Gasteiger charge is 2.72. The molecule has 0 aliphatic heterocycles. The van der Waals surface area contributed by atoms with E-state index in [1.807, 2.05) is 0 Å². The summed E-state index contributed by atoms with van der Waals surface area (Å²) in [5.74, 6) is 0. The number of ether oxygens (including phenoxy) is 1. The quantitative estimate of drug-likeness (QED) is 0.428. The second-order valence-corrected chi connectivity index (χ2v) is 3.90. The molecule has 0 fully saturated rings. The van der Waals surface area contributed by atoms with Gasteiger partial charge in [0.1, 0.15) is 6.29 Å². The normalized spacial score (nSPS) is 14.1. The van der Waals surface area contributed by atoms with E-state index in [0.29, 0.717) is 6.29 Å². The van der Waals surface area contributed by atoms with Crippen LogP contribution in [0.1, 0.15) is 0 Å². The van der Waals surface area contributed by atoms with Crippen molar-refractivity contribution in [1.82, 2.24) is 4.90 Å². The lowest BCUT2D eigenvalue weighted by Crippen LogP contribution is -2.55. The van der Waals surface area contributed by atoms with Crippen LogP contribution in [0.5, 0.6) is 0 Å².